The van der Waals surface area contributed by atoms with Gasteiger partial charge in [0.1, 0.15) is 12.2 Å². The summed E-state index contributed by atoms with van der Waals surface area (Å²) in [6, 6.07) is 4.88. The fourth-order valence-corrected chi connectivity index (χ4v) is 2.73. The van der Waals surface area contributed by atoms with Crippen LogP contribution in [-0.2, 0) is 16.2 Å². The van der Waals surface area contributed by atoms with Crippen molar-refractivity contribution < 1.29 is 18.4 Å². The van der Waals surface area contributed by atoms with E-state index in [0.717, 1.165) is 12.8 Å². The first kappa shape index (κ1) is 15.6. The van der Waals surface area contributed by atoms with E-state index in [-0.39, 0.29) is 24.0 Å². The molecule has 1 saturated carbocycles. The molecule has 0 saturated heterocycles. The number of carbonyl (C=O) groups excluding carboxylic acids is 1. The summed E-state index contributed by atoms with van der Waals surface area (Å²) in [5.74, 6) is -0.442. The van der Waals surface area contributed by atoms with Gasteiger partial charge < -0.3 is 10.6 Å². The van der Waals surface area contributed by atoms with E-state index >= 15 is 0 Å². The topological polar surface area (TPSA) is 82.5 Å². The lowest BCUT2D eigenvalue weighted by atomic mass is 10.2. The standard InChI is InChI=1S/C14H14F2N4O2S/c15-13(16)9-6-10(8-3-4-8)20(18-9)7-12(21)22-19-14(17)11-2-1-5-23-11/h1-2,5-6,8,13H,3-4,7H2,(H2,17,19). The number of carbonyl (C=O) groups is 1. The molecule has 9 heteroatoms. The van der Waals surface area contributed by atoms with E-state index in [9.17, 15) is 13.6 Å². The van der Waals surface area contributed by atoms with Crippen LogP contribution in [-0.4, -0.2) is 21.6 Å². The molecule has 0 atom stereocenters. The number of hydrogen-bond acceptors (Lipinski definition) is 5. The Morgan fingerprint density at radius 3 is 2.96 bits per heavy atom. The van der Waals surface area contributed by atoms with Gasteiger partial charge in [0.15, 0.2) is 5.84 Å². The van der Waals surface area contributed by atoms with Gasteiger partial charge in [0, 0.05) is 11.6 Å². The first-order valence-electron chi connectivity index (χ1n) is 6.97. The molecule has 122 valence electrons. The van der Waals surface area contributed by atoms with Crippen molar-refractivity contribution in [2.45, 2.75) is 31.7 Å². The van der Waals surface area contributed by atoms with Crippen LogP contribution in [0.5, 0.6) is 0 Å². The summed E-state index contributed by atoms with van der Waals surface area (Å²) in [7, 11) is 0. The molecular formula is C14H14F2N4O2S. The molecular weight excluding hydrogens is 326 g/mol. The van der Waals surface area contributed by atoms with Crippen LogP contribution < -0.4 is 5.73 Å². The average Bonchev–Trinajstić information content (AvgIpc) is 3.04. The number of nitrogens with two attached hydrogens (primary N) is 1. The molecule has 2 heterocycles. The van der Waals surface area contributed by atoms with Crippen molar-refractivity contribution in [2.24, 2.45) is 10.9 Å². The molecule has 0 amide bonds. The van der Waals surface area contributed by atoms with Gasteiger partial charge in [-0.3, -0.25) is 4.68 Å². The highest BCUT2D eigenvalue weighted by Gasteiger charge is 2.30. The number of rotatable bonds is 6. The lowest BCUT2D eigenvalue weighted by molar-refractivity contribution is -0.144. The van der Waals surface area contributed by atoms with Gasteiger partial charge in [0.2, 0.25) is 0 Å². The number of amidine groups is 1. The minimum atomic E-state index is -2.67. The molecule has 0 unspecified atom stereocenters. The van der Waals surface area contributed by atoms with Gasteiger partial charge in [-0.05, 0) is 30.4 Å². The number of thiophene rings is 1. The third-order valence-electron chi connectivity index (χ3n) is 3.35. The van der Waals surface area contributed by atoms with E-state index in [1.807, 2.05) is 5.38 Å². The van der Waals surface area contributed by atoms with Crippen LogP contribution >= 0.6 is 11.3 Å². The second kappa shape index (κ2) is 6.45. The van der Waals surface area contributed by atoms with Gasteiger partial charge in [-0.1, -0.05) is 11.2 Å². The first-order valence-corrected chi connectivity index (χ1v) is 7.85. The van der Waals surface area contributed by atoms with Gasteiger partial charge in [-0.15, -0.1) is 11.3 Å². The molecule has 1 aliphatic rings. The molecule has 0 aromatic carbocycles. The summed E-state index contributed by atoms with van der Waals surface area (Å²) >= 11 is 1.36. The molecule has 1 fully saturated rings. The number of alkyl halides is 2. The molecule has 2 aromatic rings. The summed E-state index contributed by atoms with van der Waals surface area (Å²) < 4.78 is 26.8. The fraction of sp³-hybridized carbons (Fsp3) is 0.357. The van der Waals surface area contributed by atoms with Crippen molar-refractivity contribution in [1.82, 2.24) is 9.78 Å². The second-order valence-corrected chi connectivity index (χ2v) is 6.09. The number of halogens is 2. The normalized spacial score (nSPS) is 15.2. The Morgan fingerprint density at radius 1 is 1.57 bits per heavy atom. The Kier molecular flexibility index (Phi) is 4.37. The van der Waals surface area contributed by atoms with Gasteiger partial charge in [-0.25, -0.2) is 13.6 Å². The van der Waals surface area contributed by atoms with Crippen LogP contribution in [0.25, 0.3) is 0 Å². The highest BCUT2D eigenvalue weighted by molar-refractivity contribution is 7.12. The van der Waals surface area contributed by atoms with Crippen LogP contribution in [0.3, 0.4) is 0 Å². The van der Waals surface area contributed by atoms with Crippen molar-refractivity contribution >= 4 is 23.1 Å². The van der Waals surface area contributed by atoms with Crippen LogP contribution in [0, 0.1) is 0 Å². The van der Waals surface area contributed by atoms with Crippen molar-refractivity contribution in [3.8, 4) is 0 Å². The highest BCUT2D eigenvalue weighted by atomic mass is 32.1. The summed E-state index contributed by atoms with van der Waals surface area (Å²) in [6.45, 7) is -0.278. The SMILES string of the molecule is N/C(=N\OC(=O)Cn1nc(C(F)F)cc1C1CC1)c1cccs1. The van der Waals surface area contributed by atoms with Crippen molar-refractivity contribution in [2.75, 3.05) is 0 Å². The molecule has 0 aliphatic heterocycles. The maximum absolute atomic E-state index is 12.8. The monoisotopic (exact) mass is 340 g/mol. The Balaban J connectivity index is 1.67. The Bertz CT molecular complexity index is 723. The lowest BCUT2D eigenvalue weighted by Gasteiger charge is -2.04. The molecule has 0 bridgehead atoms. The molecule has 3 rings (SSSR count). The maximum atomic E-state index is 12.8. The van der Waals surface area contributed by atoms with Gasteiger partial charge in [0.25, 0.3) is 6.43 Å². The van der Waals surface area contributed by atoms with E-state index in [2.05, 4.69) is 10.3 Å². The number of hydrogen-bond donors (Lipinski definition) is 1. The quantitative estimate of drug-likeness (QED) is 0.379. The predicted octanol–water partition coefficient (Wildman–Crippen LogP) is 2.62. The van der Waals surface area contributed by atoms with Crippen molar-refractivity contribution in [3.05, 3.63) is 39.8 Å². The highest BCUT2D eigenvalue weighted by Crippen LogP contribution is 2.41. The average molecular weight is 340 g/mol. The van der Waals surface area contributed by atoms with Gasteiger partial charge >= 0.3 is 5.97 Å². The minimum absolute atomic E-state index is 0.0875. The van der Waals surface area contributed by atoms with Crippen LogP contribution in [0.2, 0.25) is 0 Å². The van der Waals surface area contributed by atoms with Crippen molar-refractivity contribution in [1.29, 1.82) is 0 Å². The maximum Gasteiger partial charge on any atom is 0.356 e. The number of aromatic nitrogens is 2. The molecule has 1 aliphatic carbocycles. The number of nitrogens with zero attached hydrogens (tertiary/aromatic N) is 3. The molecule has 6 nitrogen and oxygen atoms in total. The van der Waals surface area contributed by atoms with Gasteiger partial charge in [-0.2, -0.15) is 5.10 Å². The van der Waals surface area contributed by atoms with Crippen LogP contribution in [0.4, 0.5) is 8.78 Å². The molecule has 2 N–H and O–H groups in total. The lowest BCUT2D eigenvalue weighted by Crippen LogP contribution is -2.18. The molecule has 0 radical (unpaired) electrons. The molecule has 2 aromatic heterocycles. The number of oxime groups is 1. The van der Waals surface area contributed by atoms with Crippen LogP contribution in [0.15, 0.2) is 28.7 Å². The van der Waals surface area contributed by atoms with E-state index in [0.29, 0.717) is 10.6 Å². The first-order chi connectivity index (χ1) is 11.0. The van der Waals surface area contributed by atoms with E-state index < -0.39 is 12.4 Å². The summed E-state index contributed by atoms with van der Waals surface area (Å²) in [5.41, 5.74) is 5.97. The summed E-state index contributed by atoms with van der Waals surface area (Å²) in [4.78, 5) is 17.2. The molecule has 23 heavy (non-hydrogen) atoms. The van der Waals surface area contributed by atoms with Crippen LogP contribution in [0.1, 0.15) is 41.4 Å². The Labute approximate surface area is 134 Å². The summed E-state index contributed by atoms with van der Waals surface area (Å²) in [5, 5.41) is 9.15. The van der Waals surface area contributed by atoms with Crippen molar-refractivity contribution in [3.63, 3.8) is 0 Å². The minimum Gasteiger partial charge on any atom is -0.380 e. The molecule has 0 spiro atoms. The zero-order valence-electron chi connectivity index (χ0n) is 12.0. The Morgan fingerprint density at radius 2 is 2.35 bits per heavy atom. The largest absolute Gasteiger partial charge is 0.380 e. The third-order valence-corrected chi connectivity index (χ3v) is 4.24. The smallest absolute Gasteiger partial charge is 0.356 e. The zero-order chi connectivity index (χ0) is 16.4. The fourth-order valence-electron chi connectivity index (χ4n) is 2.11. The second-order valence-electron chi connectivity index (χ2n) is 5.14. The predicted molar refractivity (Wildman–Crippen MR) is 80.3 cm³/mol. The van der Waals surface area contributed by atoms with Gasteiger partial charge in [0.05, 0.1) is 4.88 Å². The zero-order valence-corrected chi connectivity index (χ0v) is 12.8. The third kappa shape index (κ3) is 3.73. The van der Waals surface area contributed by atoms with E-state index in [4.69, 9.17) is 10.6 Å². The van der Waals surface area contributed by atoms with E-state index in [1.54, 1.807) is 12.1 Å². The summed E-state index contributed by atoms with van der Waals surface area (Å²) in [6.07, 6.45) is -0.850. The van der Waals surface area contributed by atoms with E-state index in [1.165, 1.54) is 22.1 Å². The Hall–Kier alpha value is -2.29.